The molecular weight excluding hydrogens is 164 g/mol. The number of carbonyl (C=O) groups is 1. The predicted molar refractivity (Wildman–Crippen MR) is 51.5 cm³/mol. The molecule has 0 aromatic rings. The molecule has 0 atom stereocenters. The molecule has 1 heterocycles. The first-order valence-electron chi connectivity index (χ1n) is 5.29. The number of nitrogens with zero attached hydrogens (tertiary/aromatic N) is 1. The maximum Gasteiger partial charge on any atom is 0.222 e. The van der Waals surface area contributed by atoms with E-state index < -0.39 is 0 Å². The smallest absolute Gasteiger partial charge is 0.222 e. The summed E-state index contributed by atoms with van der Waals surface area (Å²) >= 11 is 0. The van der Waals surface area contributed by atoms with E-state index in [2.05, 4.69) is 12.2 Å². The maximum absolute atomic E-state index is 11.6. The number of hydrogen-bond donors (Lipinski definition) is 1. The Morgan fingerprint density at radius 1 is 1.54 bits per heavy atom. The SMILES string of the molecule is CCCC(=O)N1CCNC2(CC2)C1. The van der Waals surface area contributed by atoms with E-state index >= 15 is 0 Å². The van der Waals surface area contributed by atoms with Gasteiger partial charge < -0.3 is 10.2 Å². The highest BCUT2D eigenvalue weighted by atomic mass is 16.2. The van der Waals surface area contributed by atoms with E-state index in [9.17, 15) is 4.79 Å². The van der Waals surface area contributed by atoms with Gasteiger partial charge in [-0.15, -0.1) is 0 Å². The lowest BCUT2D eigenvalue weighted by atomic mass is 10.1. The molecule has 0 radical (unpaired) electrons. The predicted octanol–water partition coefficient (Wildman–Crippen LogP) is 0.751. The van der Waals surface area contributed by atoms with Gasteiger partial charge in [0, 0.05) is 31.6 Å². The van der Waals surface area contributed by atoms with Crippen molar-refractivity contribution in [3.05, 3.63) is 0 Å². The Morgan fingerprint density at radius 2 is 2.31 bits per heavy atom. The van der Waals surface area contributed by atoms with Crippen molar-refractivity contribution in [2.24, 2.45) is 0 Å². The molecule has 1 aliphatic heterocycles. The van der Waals surface area contributed by atoms with Gasteiger partial charge in [0.05, 0.1) is 0 Å². The van der Waals surface area contributed by atoms with Crippen LogP contribution in [0.2, 0.25) is 0 Å². The summed E-state index contributed by atoms with van der Waals surface area (Å²) in [4.78, 5) is 13.6. The van der Waals surface area contributed by atoms with Crippen molar-refractivity contribution in [3.8, 4) is 0 Å². The highest BCUT2D eigenvalue weighted by Crippen LogP contribution is 2.37. The number of nitrogens with one attached hydrogen (secondary N) is 1. The Labute approximate surface area is 79.5 Å². The number of amides is 1. The Balaban J connectivity index is 1.88. The molecular formula is C10H18N2O. The fraction of sp³-hybridized carbons (Fsp3) is 0.900. The van der Waals surface area contributed by atoms with Crippen LogP contribution < -0.4 is 5.32 Å². The van der Waals surface area contributed by atoms with Crippen LogP contribution in [0.25, 0.3) is 0 Å². The van der Waals surface area contributed by atoms with Crippen LogP contribution in [0.5, 0.6) is 0 Å². The lowest BCUT2D eigenvalue weighted by Gasteiger charge is -2.34. The normalized spacial score (nSPS) is 24.8. The fourth-order valence-electron chi connectivity index (χ4n) is 2.03. The Hall–Kier alpha value is -0.570. The van der Waals surface area contributed by atoms with Crippen LogP contribution in [-0.4, -0.2) is 36.0 Å². The third-order valence-electron chi connectivity index (χ3n) is 3.05. The van der Waals surface area contributed by atoms with Gasteiger partial charge in [-0.3, -0.25) is 4.79 Å². The maximum atomic E-state index is 11.6. The molecule has 0 unspecified atom stereocenters. The molecule has 2 rings (SSSR count). The first-order chi connectivity index (χ1) is 6.26. The van der Waals surface area contributed by atoms with Crippen LogP contribution in [0.3, 0.4) is 0 Å². The van der Waals surface area contributed by atoms with Gasteiger partial charge in [0.1, 0.15) is 0 Å². The van der Waals surface area contributed by atoms with E-state index in [1.807, 2.05) is 4.90 Å². The van der Waals surface area contributed by atoms with Gasteiger partial charge in [-0.2, -0.15) is 0 Å². The quantitative estimate of drug-likeness (QED) is 0.683. The van der Waals surface area contributed by atoms with E-state index in [1.165, 1.54) is 12.8 Å². The van der Waals surface area contributed by atoms with Crippen LogP contribution in [0.15, 0.2) is 0 Å². The monoisotopic (exact) mass is 182 g/mol. The van der Waals surface area contributed by atoms with Crippen molar-refractivity contribution in [1.29, 1.82) is 0 Å². The lowest BCUT2D eigenvalue weighted by molar-refractivity contribution is -0.132. The average molecular weight is 182 g/mol. The zero-order chi connectivity index (χ0) is 9.31. The van der Waals surface area contributed by atoms with Crippen molar-refractivity contribution in [2.45, 2.75) is 38.1 Å². The van der Waals surface area contributed by atoms with Gasteiger partial charge in [0.15, 0.2) is 0 Å². The zero-order valence-electron chi connectivity index (χ0n) is 8.31. The second-order valence-electron chi connectivity index (χ2n) is 4.27. The summed E-state index contributed by atoms with van der Waals surface area (Å²) in [7, 11) is 0. The van der Waals surface area contributed by atoms with E-state index in [0.29, 0.717) is 11.4 Å². The van der Waals surface area contributed by atoms with Gasteiger partial charge in [0.2, 0.25) is 5.91 Å². The highest BCUT2D eigenvalue weighted by molar-refractivity contribution is 5.76. The lowest BCUT2D eigenvalue weighted by Crippen LogP contribution is -2.54. The summed E-state index contributed by atoms with van der Waals surface area (Å²) in [5.74, 6) is 0.343. The summed E-state index contributed by atoms with van der Waals surface area (Å²) in [6, 6.07) is 0. The molecule has 2 fully saturated rings. The first-order valence-corrected chi connectivity index (χ1v) is 5.29. The molecule has 13 heavy (non-hydrogen) atoms. The van der Waals surface area contributed by atoms with Gasteiger partial charge in [0.25, 0.3) is 0 Å². The van der Waals surface area contributed by atoms with Crippen LogP contribution >= 0.6 is 0 Å². The Morgan fingerprint density at radius 3 is 2.92 bits per heavy atom. The molecule has 1 saturated heterocycles. The second kappa shape index (κ2) is 3.29. The van der Waals surface area contributed by atoms with E-state index in [1.54, 1.807) is 0 Å². The van der Waals surface area contributed by atoms with Crippen LogP contribution in [0, 0.1) is 0 Å². The third-order valence-corrected chi connectivity index (χ3v) is 3.05. The van der Waals surface area contributed by atoms with E-state index in [4.69, 9.17) is 0 Å². The average Bonchev–Trinajstić information content (AvgIpc) is 2.85. The molecule has 1 aliphatic carbocycles. The van der Waals surface area contributed by atoms with Crippen molar-refractivity contribution < 1.29 is 4.79 Å². The van der Waals surface area contributed by atoms with Gasteiger partial charge >= 0.3 is 0 Å². The minimum Gasteiger partial charge on any atom is -0.340 e. The summed E-state index contributed by atoms with van der Waals surface area (Å²) < 4.78 is 0. The van der Waals surface area contributed by atoms with Crippen molar-refractivity contribution in [2.75, 3.05) is 19.6 Å². The van der Waals surface area contributed by atoms with Crippen molar-refractivity contribution >= 4 is 5.91 Å². The topological polar surface area (TPSA) is 32.3 Å². The summed E-state index contributed by atoms with van der Waals surface area (Å²) in [6.07, 6.45) is 4.19. The number of carbonyl (C=O) groups excluding carboxylic acids is 1. The second-order valence-corrected chi connectivity index (χ2v) is 4.27. The highest BCUT2D eigenvalue weighted by Gasteiger charge is 2.46. The van der Waals surface area contributed by atoms with E-state index in [-0.39, 0.29) is 0 Å². The zero-order valence-corrected chi connectivity index (χ0v) is 8.31. The molecule has 3 nitrogen and oxygen atoms in total. The van der Waals surface area contributed by atoms with Gasteiger partial charge in [-0.25, -0.2) is 0 Å². The van der Waals surface area contributed by atoms with E-state index in [0.717, 1.165) is 32.5 Å². The molecule has 74 valence electrons. The number of hydrogen-bond acceptors (Lipinski definition) is 2. The molecule has 1 spiro atoms. The van der Waals surface area contributed by atoms with Crippen LogP contribution in [-0.2, 0) is 4.79 Å². The minimum absolute atomic E-state index is 0.335. The Kier molecular flexibility index (Phi) is 2.28. The van der Waals surface area contributed by atoms with Gasteiger partial charge in [-0.1, -0.05) is 6.92 Å². The molecule has 2 aliphatic rings. The summed E-state index contributed by atoms with van der Waals surface area (Å²) in [5, 5.41) is 3.50. The first kappa shape index (κ1) is 9.00. The molecule has 1 saturated carbocycles. The number of rotatable bonds is 2. The molecule has 0 aromatic heterocycles. The molecule has 0 bridgehead atoms. The Bertz CT molecular complexity index is 211. The van der Waals surface area contributed by atoms with Crippen LogP contribution in [0.1, 0.15) is 32.6 Å². The molecule has 1 N–H and O–H groups in total. The minimum atomic E-state index is 0.335. The van der Waals surface area contributed by atoms with Crippen molar-refractivity contribution in [3.63, 3.8) is 0 Å². The van der Waals surface area contributed by atoms with Crippen molar-refractivity contribution in [1.82, 2.24) is 10.2 Å². The third kappa shape index (κ3) is 1.85. The summed E-state index contributed by atoms with van der Waals surface area (Å²) in [6.45, 7) is 4.90. The van der Waals surface area contributed by atoms with Crippen LogP contribution in [0.4, 0.5) is 0 Å². The molecule has 1 amide bonds. The standard InChI is InChI=1S/C10H18N2O/c1-2-3-9(13)12-7-6-11-10(8-12)4-5-10/h11H,2-8H2,1H3. The largest absolute Gasteiger partial charge is 0.340 e. The number of piperazine rings is 1. The summed E-state index contributed by atoms with van der Waals surface area (Å²) in [5.41, 5.74) is 0.335. The van der Waals surface area contributed by atoms with Gasteiger partial charge in [-0.05, 0) is 19.3 Å². The molecule has 3 heteroatoms. The fourth-order valence-corrected chi connectivity index (χ4v) is 2.03. The molecule has 0 aromatic carbocycles.